The Morgan fingerprint density at radius 1 is 1.00 bits per heavy atom. The molecule has 0 aromatic rings. The Morgan fingerprint density at radius 3 is 2.15 bits per heavy atom. The molecule has 1 aliphatic heterocycles. The first-order chi connectivity index (χ1) is 16.0. The molecule has 1 heterocycles. The van der Waals surface area contributed by atoms with Crippen molar-refractivity contribution in [1.29, 1.82) is 0 Å². The van der Waals surface area contributed by atoms with Crippen LogP contribution in [-0.4, -0.2) is 122 Å². The lowest BCUT2D eigenvalue weighted by atomic mass is 10.1. The van der Waals surface area contributed by atoms with Crippen molar-refractivity contribution >= 4 is 30.0 Å². The van der Waals surface area contributed by atoms with Crippen molar-refractivity contribution in [1.82, 2.24) is 15.1 Å². The van der Waals surface area contributed by atoms with Crippen LogP contribution in [0.3, 0.4) is 0 Å². The van der Waals surface area contributed by atoms with Gasteiger partial charge in [-0.15, -0.1) is 0 Å². The number of nitrogens with one attached hydrogen (secondary N) is 1. The lowest BCUT2D eigenvalue weighted by Gasteiger charge is -2.36. The molecule has 0 unspecified atom stereocenters. The van der Waals surface area contributed by atoms with Crippen molar-refractivity contribution in [2.75, 3.05) is 32.7 Å². The first-order valence-electron chi connectivity index (χ1n) is 10.7. The fourth-order valence-corrected chi connectivity index (χ4v) is 4.00. The minimum atomic E-state index is -1.87. The summed E-state index contributed by atoms with van der Waals surface area (Å²) in [6.45, 7) is -0.330. The van der Waals surface area contributed by atoms with E-state index >= 15 is 0 Å². The highest BCUT2D eigenvalue weighted by molar-refractivity contribution is 5.97. The van der Waals surface area contributed by atoms with Gasteiger partial charge in [-0.05, 0) is 25.8 Å². The lowest BCUT2D eigenvalue weighted by molar-refractivity contribution is -0.151. The third kappa shape index (κ3) is 9.46. The van der Waals surface area contributed by atoms with Gasteiger partial charge in [-0.3, -0.25) is 24.7 Å². The van der Waals surface area contributed by atoms with Gasteiger partial charge in [0.25, 0.3) is 0 Å². The molecule has 34 heavy (non-hydrogen) atoms. The maximum Gasteiger partial charge on any atom is 0.507 e. The summed E-state index contributed by atoms with van der Waals surface area (Å²) in [7, 11) is 0. The Labute approximate surface area is 195 Å². The van der Waals surface area contributed by atoms with Gasteiger partial charge in [-0.25, -0.2) is 14.4 Å². The van der Waals surface area contributed by atoms with E-state index in [9.17, 15) is 34.2 Å². The number of nitrogens with zero attached hydrogens (tertiary/aromatic N) is 2. The number of aliphatic carboxylic acids is 4. The van der Waals surface area contributed by atoms with Crippen LogP contribution in [0.5, 0.6) is 0 Å². The van der Waals surface area contributed by atoms with Gasteiger partial charge in [0.1, 0.15) is 6.04 Å². The van der Waals surface area contributed by atoms with Crippen LogP contribution in [0.15, 0.2) is 0 Å². The summed E-state index contributed by atoms with van der Waals surface area (Å²) >= 11 is 0. The molecule has 1 fully saturated rings. The van der Waals surface area contributed by atoms with Crippen molar-refractivity contribution in [2.24, 2.45) is 5.73 Å². The first kappa shape index (κ1) is 29.0. The summed E-state index contributed by atoms with van der Waals surface area (Å²) in [6.07, 6.45) is -0.840. The molecule has 1 aliphatic rings. The lowest BCUT2D eigenvalue weighted by Crippen LogP contribution is -2.54. The fraction of sp³-hybridized carbons (Fsp3) is 0.737. The van der Waals surface area contributed by atoms with Crippen LogP contribution in [-0.2, 0) is 23.9 Å². The largest absolute Gasteiger partial charge is 0.507 e. The van der Waals surface area contributed by atoms with Gasteiger partial charge in [0.2, 0.25) is 6.04 Å². The summed E-state index contributed by atoms with van der Waals surface area (Å²) in [4.78, 5) is 59.3. The molecule has 15 heteroatoms. The van der Waals surface area contributed by atoms with Crippen LogP contribution >= 0.6 is 0 Å². The average Bonchev–Trinajstić information content (AvgIpc) is 3.08. The summed E-state index contributed by atoms with van der Waals surface area (Å²) in [5.41, 5.74) is 5.48. The standard InChI is InChI=1S/C19H32N4O11/c20-6-2-1-3-12(16(26)27)23-11(4-5-13(23)34-19(32)33)9-22(10-14(24)25)8-7-21-15(17(28)29)18(30)31/h11-13,15,21H,1-10,20H2,(H,24,25)(H,26,27)(H,28,29)(H,30,31)(H,32,33)/t11-,12+,13+/m0/s1. The summed E-state index contributed by atoms with van der Waals surface area (Å²) in [5.74, 6) is -5.59. The van der Waals surface area contributed by atoms with Crippen molar-refractivity contribution < 1.29 is 54.2 Å². The number of rotatable bonds is 17. The normalized spacial score (nSPS) is 19.3. The minimum Gasteiger partial charge on any atom is -0.480 e. The van der Waals surface area contributed by atoms with Gasteiger partial charge < -0.3 is 36.0 Å². The molecule has 0 saturated carbocycles. The van der Waals surface area contributed by atoms with Crippen molar-refractivity contribution in [3.05, 3.63) is 0 Å². The van der Waals surface area contributed by atoms with Crippen molar-refractivity contribution in [3.8, 4) is 0 Å². The Bertz CT molecular complexity index is 721. The molecule has 15 nitrogen and oxygen atoms in total. The smallest absolute Gasteiger partial charge is 0.480 e. The molecule has 0 aliphatic carbocycles. The molecular weight excluding hydrogens is 460 g/mol. The van der Waals surface area contributed by atoms with E-state index in [1.54, 1.807) is 0 Å². The number of carboxylic acid groups (broad SMARTS) is 5. The van der Waals surface area contributed by atoms with E-state index in [0.29, 0.717) is 25.8 Å². The van der Waals surface area contributed by atoms with Crippen LogP contribution in [0, 0.1) is 0 Å². The summed E-state index contributed by atoms with van der Waals surface area (Å²) in [5, 5.41) is 48.3. The summed E-state index contributed by atoms with van der Waals surface area (Å²) in [6, 6.07) is -3.53. The van der Waals surface area contributed by atoms with Gasteiger partial charge in [-0.2, -0.15) is 0 Å². The van der Waals surface area contributed by atoms with Crippen LogP contribution in [0.25, 0.3) is 0 Å². The predicted molar refractivity (Wildman–Crippen MR) is 113 cm³/mol. The Kier molecular flexibility index (Phi) is 12.2. The highest BCUT2D eigenvalue weighted by Crippen LogP contribution is 2.30. The Hall–Kier alpha value is -3.01. The Morgan fingerprint density at radius 2 is 1.65 bits per heavy atom. The number of unbranched alkanes of at least 4 members (excludes halogenated alkanes) is 1. The van der Waals surface area contributed by atoms with Gasteiger partial charge in [0.15, 0.2) is 6.23 Å². The van der Waals surface area contributed by atoms with E-state index in [1.165, 1.54) is 9.80 Å². The maximum atomic E-state index is 12.0. The third-order valence-corrected chi connectivity index (χ3v) is 5.41. The number of carboxylic acids is 4. The Balaban J connectivity index is 3.01. The predicted octanol–water partition coefficient (Wildman–Crippen LogP) is -1.43. The van der Waals surface area contributed by atoms with Crippen molar-refractivity contribution in [3.63, 3.8) is 0 Å². The molecule has 0 aromatic carbocycles. The quantitative estimate of drug-likeness (QED) is 0.0699. The second kappa shape index (κ2) is 14.3. The number of likely N-dealkylation sites (tertiary alicyclic amines) is 1. The minimum absolute atomic E-state index is 0.0128. The highest BCUT2D eigenvalue weighted by Gasteiger charge is 2.43. The topological polar surface area (TPSA) is 240 Å². The average molecular weight is 492 g/mol. The monoisotopic (exact) mass is 492 g/mol. The molecule has 0 radical (unpaired) electrons. The number of ether oxygens (including phenoxy) is 1. The zero-order valence-corrected chi connectivity index (χ0v) is 18.5. The van der Waals surface area contributed by atoms with E-state index in [4.69, 9.17) is 25.8 Å². The molecule has 0 spiro atoms. The van der Waals surface area contributed by atoms with E-state index < -0.39 is 60.9 Å². The first-order valence-corrected chi connectivity index (χ1v) is 10.7. The SMILES string of the molecule is NCCCC[C@H](C(=O)O)N1[C@H](CN(CCNC(C(=O)O)C(=O)O)CC(=O)O)CC[C@H]1OC(=O)O. The second-order valence-electron chi connectivity index (χ2n) is 7.85. The van der Waals surface area contributed by atoms with Gasteiger partial charge in [-0.1, -0.05) is 6.42 Å². The summed E-state index contributed by atoms with van der Waals surface area (Å²) < 4.78 is 4.90. The molecule has 3 atom stereocenters. The zero-order chi connectivity index (χ0) is 25.8. The molecule has 0 aromatic heterocycles. The fourth-order valence-electron chi connectivity index (χ4n) is 4.00. The molecule has 1 rings (SSSR count). The second-order valence-corrected chi connectivity index (χ2v) is 7.85. The van der Waals surface area contributed by atoms with Gasteiger partial charge in [0, 0.05) is 32.1 Å². The molecule has 194 valence electrons. The molecule has 0 amide bonds. The third-order valence-electron chi connectivity index (χ3n) is 5.41. The molecular formula is C19H32N4O11. The zero-order valence-electron chi connectivity index (χ0n) is 18.5. The van der Waals surface area contributed by atoms with Gasteiger partial charge in [0.05, 0.1) is 6.54 Å². The molecule has 1 saturated heterocycles. The van der Waals surface area contributed by atoms with E-state index in [2.05, 4.69) is 5.32 Å². The highest BCUT2D eigenvalue weighted by atomic mass is 16.7. The molecule has 8 N–H and O–H groups in total. The van der Waals surface area contributed by atoms with Crippen LogP contribution in [0.2, 0.25) is 0 Å². The van der Waals surface area contributed by atoms with Crippen LogP contribution < -0.4 is 11.1 Å². The number of carbonyl (C=O) groups is 5. The van der Waals surface area contributed by atoms with E-state index in [0.717, 1.165) is 0 Å². The van der Waals surface area contributed by atoms with Gasteiger partial charge >= 0.3 is 30.0 Å². The molecule has 0 bridgehead atoms. The van der Waals surface area contributed by atoms with Crippen molar-refractivity contribution in [2.45, 2.75) is 56.5 Å². The number of hydrogen-bond donors (Lipinski definition) is 7. The number of nitrogens with two attached hydrogens (primary N) is 1. The van der Waals surface area contributed by atoms with E-state index in [-0.39, 0.29) is 32.5 Å². The maximum absolute atomic E-state index is 12.0. The van der Waals surface area contributed by atoms with Crippen LogP contribution in [0.4, 0.5) is 4.79 Å². The van der Waals surface area contributed by atoms with E-state index in [1.807, 2.05) is 0 Å². The number of hydrogen-bond acceptors (Lipinski definition) is 10. The van der Waals surface area contributed by atoms with Crippen LogP contribution in [0.1, 0.15) is 32.1 Å².